The number of hydrogen-bond acceptors (Lipinski definition) is 3. The van der Waals surface area contributed by atoms with Gasteiger partial charge in [-0.3, -0.25) is 0 Å². The number of nitrogens with zero attached hydrogens (tertiary/aromatic N) is 1. The highest BCUT2D eigenvalue weighted by atomic mass is 32.2. The maximum absolute atomic E-state index is 11.7. The van der Waals surface area contributed by atoms with Crippen LogP contribution >= 0.6 is 0 Å². The summed E-state index contributed by atoms with van der Waals surface area (Å²) in [5.41, 5.74) is 5.36. The van der Waals surface area contributed by atoms with E-state index < -0.39 is 10.2 Å². The summed E-state index contributed by atoms with van der Waals surface area (Å²) in [6, 6.07) is -0.0621. The second-order valence-corrected chi connectivity index (χ2v) is 5.10. The van der Waals surface area contributed by atoms with Crippen molar-refractivity contribution < 1.29 is 8.42 Å². The second-order valence-electron chi connectivity index (χ2n) is 3.39. The molecule has 0 aromatic rings. The van der Waals surface area contributed by atoms with Gasteiger partial charge in [0.2, 0.25) is 0 Å². The third-order valence-electron chi connectivity index (χ3n) is 1.77. The summed E-state index contributed by atoms with van der Waals surface area (Å²) >= 11 is 0. The Hall–Kier alpha value is -0.170. The summed E-state index contributed by atoms with van der Waals surface area (Å²) in [5.74, 6) is 0. The second kappa shape index (κ2) is 6.34. The van der Waals surface area contributed by atoms with Crippen LogP contribution in [0.4, 0.5) is 0 Å². The van der Waals surface area contributed by atoms with Crippen LogP contribution in [0.3, 0.4) is 0 Å². The zero-order valence-electron chi connectivity index (χ0n) is 9.16. The average Bonchev–Trinajstić information content (AvgIpc) is 2.10. The first-order valence-electron chi connectivity index (χ1n) is 4.92. The van der Waals surface area contributed by atoms with Crippen molar-refractivity contribution in [3.05, 3.63) is 0 Å². The highest BCUT2D eigenvalue weighted by molar-refractivity contribution is 7.87. The molecular formula is C8H21N3O2S. The average molecular weight is 223 g/mol. The van der Waals surface area contributed by atoms with Gasteiger partial charge in [0.25, 0.3) is 10.2 Å². The first kappa shape index (κ1) is 13.8. The molecule has 0 saturated heterocycles. The van der Waals surface area contributed by atoms with Gasteiger partial charge in [-0.2, -0.15) is 12.7 Å². The van der Waals surface area contributed by atoms with E-state index in [0.717, 1.165) is 6.42 Å². The third kappa shape index (κ3) is 4.36. The van der Waals surface area contributed by atoms with Crippen molar-refractivity contribution in [2.24, 2.45) is 5.73 Å². The predicted octanol–water partition coefficient (Wildman–Crippen LogP) is -0.100. The molecule has 0 heterocycles. The molecule has 0 aliphatic carbocycles. The number of nitrogens with one attached hydrogen (secondary N) is 1. The van der Waals surface area contributed by atoms with Crippen molar-refractivity contribution >= 4 is 10.2 Å². The van der Waals surface area contributed by atoms with Crippen LogP contribution in [-0.2, 0) is 10.2 Å². The van der Waals surface area contributed by atoms with Gasteiger partial charge in [-0.1, -0.05) is 6.92 Å². The van der Waals surface area contributed by atoms with Crippen LogP contribution in [0, 0.1) is 0 Å². The lowest BCUT2D eigenvalue weighted by Gasteiger charge is -2.25. The van der Waals surface area contributed by atoms with Crippen LogP contribution in [0.1, 0.15) is 27.2 Å². The van der Waals surface area contributed by atoms with Gasteiger partial charge in [-0.25, -0.2) is 4.72 Å². The molecule has 86 valence electrons. The molecule has 3 N–H and O–H groups in total. The molecule has 0 unspecified atom stereocenters. The predicted molar refractivity (Wildman–Crippen MR) is 58.1 cm³/mol. The van der Waals surface area contributed by atoms with Crippen LogP contribution < -0.4 is 10.5 Å². The van der Waals surface area contributed by atoms with Crippen LogP contribution in [-0.4, -0.2) is 38.4 Å². The van der Waals surface area contributed by atoms with E-state index in [9.17, 15) is 8.42 Å². The van der Waals surface area contributed by atoms with Crippen LogP contribution in [0.15, 0.2) is 0 Å². The summed E-state index contributed by atoms with van der Waals surface area (Å²) in [6.45, 7) is 6.75. The van der Waals surface area contributed by atoms with Crippen LogP contribution in [0.2, 0.25) is 0 Å². The molecule has 0 aliphatic rings. The fourth-order valence-corrected chi connectivity index (χ4v) is 2.63. The van der Waals surface area contributed by atoms with Gasteiger partial charge in [0, 0.05) is 25.7 Å². The van der Waals surface area contributed by atoms with E-state index in [0.29, 0.717) is 19.6 Å². The monoisotopic (exact) mass is 223 g/mol. The Balaban J connectivity index is 4.46. The standard InChI is InChI=1S/C8H21N3O2S/c1-4-6-10-14(12,13)11(7-5-9)8(2)3/h8,10H,4-7,9H2,1-3H3. The van der Waals surface area contributed by atoms with E-state index in [-0.39, 0.29) is 6.04 Å². The van der Waals surface area contributed by atoms with Gasteiger partial charge in [-0.15, -0.1) is 0 Å². The van der Waals surface area contributed by atoms with Crippen molar-refractivity contribution in [3.63, 3.8) is 0 Å². The Morgan fingerprint density at radius 1 is 1.43 bits per heavy atom. The molecule has 0 aromatic heterocycles. The first-order valence-corrected chi connectivity index (χ1v) is 6.36. The van der Waals surface area contributed by atoms with Crippen molar-refractivity contribution in [1.82, 2.24) is 9.03 Å². The topological polar surface area (TPSA) is 75.4 Å². The van der Waals surface area contributed by atoms with Gasteiger partial charge in [0.15, 0.2) is 0 Å². The maximum Gasteiger partial charge on any atom is 0.279 e. The zero-order valence-corrected chi connectivity index (χ0v) is 9.97. The summed E-state index contributed by atoms with van der Waals surface area (Å²) < 4.78 is 27.3. The third-order valence-corrected chi connectivity index (χ3v) is 3.56. The molecule has 14 heavy (non-hydrogen) atoms. The Morgan fingerprint density at radius 2 is 2.00 bits per heavy atom. The number of nitrogens with two attached hydrogens (primary N) is 1. The summed E-state index contributed by atoms with van der Waals surface area (Å²) in [6.07, 6.45) is 0.786. The van der Waals surface area contributed by atoms with Crippen molar-refractivity contribution in [2.45, 2.75) is 33.2 Å². The highest BCUT2D eigenvalue weighted by Crippen LogP contribution is 2.03. The molecule has 0 atom stereocenters. The van der Waals surface area contributed by atoms with Crippen molar-refractivity contribution in [3.8, 4) is 0 Å². The summed E-state index contributed by atoms with van der Waals surface area (Å²) in [5, 5.41) is 0. The molecule has 0 aromatic carbocycles. The molecule has 0 radical (unpaired) electrons. The van der Waals surface area contributed by atoms with Crippen LogP contribution in [0.25, 0.3) is 0 Å². The van der Waals surface area contributed by atoms with Crippen molar-refractivity contribution in [1.29, 1.82) is 0 Å². The minimum absolute atomic E-state index is 0.0621. The Labute approximate surface area is 86.8 Å². The van der Waals surface area contributed by atoms with Gasteiger partial charge < -0.3 is 5.73 Å². The molecule has 0 amide bonds. The van der Waals surface area contributed by atoms with Gasteiger partial charge >= 0.3 is 0 Å². The quantitative estimate of drug-likeness (QED) is 0.633. The fourth-order valence-electron chi connectivity index (χ4n) is 1.10. The molecular weight excluding hydrogens is 202 g/mol. The molecule has 0 fully saturated rings. The zero-order chi connectivity index (χ0) is 11.2. The van der Waals surface area contributed by atoms with E-state index >= 15 is 0 Å². The lowest BCUT2D eigenvalue weighted by Crippen LogP contribution is -2.46. The van der Waals surface area contributed by atoms with Gasteiger partial charge in [-0.05, 0) is 20.3 Å². The molecule has 0 rings (SSSR count). The minimum Gasteiger partial charge on any atom is -0.329 e. The number of rotatable bonds is 7. The first-order chi connectivity index (χ1) is 6.45. The summed E-state index contributed by atoms with van der Waals surface area (Å²) in [4.78, 5) is 0. The Bertz CT molecular complexity index is 239. The molecule has 0 saturated carbocycles. The Kier molecular flexibility index (Phi) is 6.26. The molecule has 0 aliphatic heterocycles. The van der Waals surface area contributed by atoms with E-state index in [2.05, 4.69) is 4.72 Å². The minimum atomic E-state index is -3.34. The SMILES string of the molecule is CCCNS(=O)(=O)N(CCN)C(C)C. The fraction of sp³-hybridized carbons (Fsp3) is 1.00. The largest absolute Gasteiger partial charge is 0.329 e. The van der Waals surface area contributed by atoms with Crippen molar-refractivity contribution in [2.75, 3.05) is 19.6 Å². The normalized spacial score (nSPS) is 12.7. The lowest BCUT2D eigenvalue weighted by molar-refractivity contribution is 0.355. The summed E-state index contributed by atoms with van der Waals surface area (Å²) in [7, 11) is -3.34. The Morgan fingerprint density at radius 3 is 2.36 bits per heavy atom. The molecule has 0 spiro atoms. The van der Waals surface area contributed by atoms with Gasteiger partial charge in [0.1, 0.15) is 0 Å². The lowest BCUT2D eigenvalue weighted by atomic mass is 10.4. The van der Waals surface area contributed by atoms with Crippen LogP contribution in [0.5, 0.6) is 0 Å². The van der Waals surface area contributed by atoms with Gasteiger partial charge in [0.05, 0.1) is 0 Å². The molecule has 6 heteroatoms. The van der Waals surface area contributed by atoms with E-state index in [1.54, 1.807) is 0 Å². The molecule has 5 nitrogen and oxygen atoms in total. The number of hydrogen-bond donors (Lipinski definition) is 2. The highest BCUT2D eigenvalue weighted by Gasteiger charge is 2.22. The van der Waals surface area contributed by atoms with E-state index in [1.807, 2.05) is 20.8 Å². The smallest absolute Gasteiger partial charge is 0.279 e. The maximum atomic E-state index is 11.7. The van der Waals surface area contributed by atoms with E-state index in [4.69, 9.17) is 5.73 Å². The van der Waals surface area contributed by atoms with E-state index in [1.165, 1.54) is 4.31 Å². The molecule has 0 bridgehead atoms.